The Balaban J connectivity index is 2.24. The smallest absolute Gasteiger partial charge is 0.293 e. The van der Waals surface area contributed by atoms with Crippen molar-refractivity contribution in [1.29, 1.82) is 0 Å². The van der Waals surface area contributed by atoms with E-state index in [0.717, 1.165) is 6.07 Å². The number of anilines is 1. The minimum Gasteiger partial charge on any atom is -0.386 e. The molecule has 0 bridgehead atoms. The maximum atomic E-state index is 13.0. The van der Waals surface area contributed by atoms with Crippen LogP contribution < -0.4 is 10.6 Å². The summed E-state index contributed by atoms with van der Waals surface area (Å²) in [5, 5.41) is 26.9. The Labute approximate surface area is 143 Å². The first-order valence-electron chi connectivity index (χ1n) is 7.54. The fourth-order valence-corrected chi connectivity index (χ4v) is 2.36. The van der Waals surface area contributed by atoms with Crippen LogP contribution in [0.2, 0.25) is 0 Å². The third kappa shape index (κ3) is 4.30. The molecule has 0 radical (unpaired) electrons. The van der Waals surface area contributed by atoms with Gasteiger partial charge in [0.2, 0.25) is 0 Å². The number of rotatable bonds is 6. The number of aliphatic hydroxyl groups excluding tert-OH is 1. The molecular formula is C17H18FN3O4. The minimum absolute atomic E-state index is 0.159. The lowest BCUT2D eigenvalue weighted by molar-refractivity contribution is -0.384. The predicted molar refractivity (Wildman–Crippen MR) is 90.9 cm³/mol. The zero-order chi connectivity index (χ0) is 18.6. The first-order valence-corrected chi connectivity index (χ1v) is 7.54. The van der Waals surface area contributed by atoms with Crippen molar-refractivity contribution in [1.82, 2.24) is 5.32 Å². The molecule has 0 saturated heterocycles. The summed E-state index contributed by atoms with van der Waals surface area (Å²) in [6.07, 6.45) is -1.00. The van der Waals surface area contributed by atoms with E-state index >= 15 is 0 Å². The van der Waals surface area contributed by atoms with Crippen LogP contribution in [0.1, 0.15) is 28.9 Å². The lowest BCUT2D eigenvalue weighted by Gasteiger charge is -2.21. The van der Waals surface area contributed by atoms with E-state index in [1.54, 1.807) is 6.92 Å². The Kier molecular flexibility index (Phi) is 5.66. The molecule has 0 aliphatic carbocycles. The maximum Gasteiger partial charge on any atom is 0.293 e. The molecule has 2 atom stereocenters. The largest absolute Gasteiger partial charge is 0.386 e. The Morgan fingerprint density at radius 3 is 2.44 bits per heavy atom. The van der Waals surface area contributed by atoms with Gasteiger partial charge in [0.05, 0.1) is 17.1 Å². The van der Waals surface area contributed by atoms with Gasteiger partial charge in [0.25, 0.3) is 11.6 Å². The fraction of sp³-hybridized carbons (Fsp3) is 0.235. The molecule has 2 rings (SSSR count). The van der Waals surface area contributed by atoms with Gasteiger partial charge in [-0.2, -0.15) is 0 Å². The molecule has 3 N–H and O–H groups in total. The number of aliphatic hydroxyl groups is 1. The first kappa shape index (κ1) is 18.3. The molecular weight excluding hydrogens is 329 g/mol. The van der Waals surface area contributed by atoms with Gasteiger partial charge in [-0.05, 0) is 36.8 Å². The maximum absolute atomic E-state index is 13.0. The molecule has 7 nitrogen and oxygen atoms in total. The number of amides is 1. The molecule has 0 saturated carbocycles. The van der Waals surface area contributed by atoms with Crippen molar-refractivity contribution >= 4 is 17.3 Å². The Hall–Kier alpha value is -3.00. The normalized spacial score (nSPS) is 13.0. The minimum atomic E-state index is -1.00. The monoisotopic (exact) mass is 347 g/mol. The van der Waals surface area contributed by atoms with Crippen molar-refractivity contribution in [3.05, 3.63) is 69.5 Å². The lowest BCUT2D eigenvalue weighted by atomic mass is 10.0. The van der Waals surface area contributed by atoms with Crippen LogP contribution in [0, 0.1) is 15.9 Å². The van der Waals surface area contributed by atoms with Gasteiger partial charge in [0.1, 0.15) is 11.5 Å². The summed E-state index contributed by atoms with van der Waals surface area (Å²) in [7, 11) is 1.43. The topological polar surface area (TPSA) is 104 Å². The van der Waals surface area contributed by atoms with E-state index in [-0.39, 0.29) is 16.9 Å². The number of carbonyl (C=O) groups is 1. The second-order valence-corrected chi connectivity index (χ2v) is 5.50. The van der Waals surface area contributed by atoms with Crippen molar-refractivity contribution in [2.45, 2.75) is 19.1 Å². The number of nitrogens with one attached hydrogen (secondary N) is 2. The Bertz CT molecular complexity index is 780. The molecule has 0 heterocycles. The molecule has 2 aromatic rings. The van der Waals surface area contributed by atoms with Gasteiger partial charge in [0.15, 0.2) is 0 Å². The number of halogens is 1. The van der Waals surface area contributed by atoms with E-state index in [1.807, 2.05) is 0 Å². The van der Waals surface area contributed by atoms with E-state index in [9.17, 15) is 24.4 Å². The summed E-state index contributed by atoms with van der Waals surface area (Å²) in [5.74, 6) is -0.856. The quantitative estimate of drug-likeness (QED) is 0.550. The number of carbonyl (C=O) groups excluding carboxylic acids is 1. The van der Waals surface area contributed by atoms with Crippen molar-refractivity contribution in [2.75, 3.05) is 12.4 Å². The molecule has 0 aromatic heterocycles. The third-order valence-electron chi connectivity index (χ3n) is 3.75. The number of benzene rings is 2. The standard InChI is InChI=1S/C17H18FN3O4/c1-10(16(22)11-3-6-13(18)7-4-11)20-14-8-5-12(17(23)19-2)9-15(14)21(24)25/h3-10,16,20,22H,1-2H3,(H,19,23)/t10-,16+/m0/s1. The molecule has 2 aromatic carbocycles. The molecule has 1 amide bonds. The van der Waals surface area contributed by atoms with Crippen LogP contribution in [-0.2, 0) is 0 Å². The number of nitro benzene ring substituents is 1. The second kappa shape index (κ2) is 7.71. The third-order valence-corrected chi connectivity index (χ3v) is 3.75. The van der Waals surface area contributed by atoms with Crippen LogP contribution in [0.4, 0.5) is 15.8 Å². The van der Waals surface area contributed by atoms with Crippen LogP contribution in [0.25, 0.3) is 0 Å². The number of nitro groups is 1. The summed E-state index contributed by atoms with van der Waals surface area (Å²) in [6.45, 7) is 1.64. The van der Waals surface area contributed by atoms with Gasteiger partial charge in [-0.1, -0.05) is 12.1 Å². The Morgan fingerprint density at radius 1 is 1.24 bits per heavy atom. The molecule has 8 heteroatoms. The van der Waals surface area contributed by atoms with Crippen LogP contribution in [-0.4, -0.2) is 29.0 Å². The van der Waals surface area contributed by atoms with Gasteiger partial charge in [-0.3, -0.25) is 14.9 Å². The van der Waals surface area contributed by atoms with Crippen molar-refractivity contribution in [3.8, 4) is 0 Å². The van der Waals surface area contributed by atoms with Crippen molar-refractivity contribution < 1.29 is 19.2 Å². The van der Waals surface area contributed by atoms with Crippen LogP contribution in [0.3, 0.4) is 0 Å². The van der Waals surface area contributed by atoms with E-state index < -0.39 is 28.8 Å². The molecule has 0 fully saturated rings. The fourth-order valence-electron chi connectivity index (χ4n) is 2.36. The van der Waals surface area contributed by atoms with Crippen LogP contribution >= 0.6 is 0 Å². The SMILES string of the molecule is CNC(=O)c1ccc(N[C@@H](C)[C@@H](O)c2ccc(F)cc2)c([N+](=O)[O-])c1. The average molecular weight is 347 g/mol. The van der Waals surface area contributed by atoms with Gasteiger partial charge in [-0.25, -0.2) is 4.39 Å². The summed E-state index contributed by atoms with van der Waals surface area (Å²) in [5.41, 5.74) is 0.531. The molecule has 132 valence electrons. The zero-order valence-corrected chi connectivity index (χ0v) is 13.7. The molecule has 25 heavy (non-hydrogen) atoms. The Morgan fingerprint density at radius 2 is 1.88 bits per heavy atom. The molecule has 0 aliphatic rings. The zero-order valence-electron chi connectivity index (χ0n) is 13.7. The summed E-state index contributed by atoms with van der Waals surface area (Å²) >= 11 is 0. The predicted octanol–water partition coefficient (Wildman–Crippen LogP) is 2.63. The van der Waals surface area contributed by atoms with Crippen LogP contribution in [0.5, 0.6) is 0 Å². The van der Waals surface area contributed by atoms with Gasteiger partial charge >= 0.3 is 0 Å². The summed E-state index contributed by atoms with van der Waals surface area (Å²) < 4.78 is 13.0. The highest BCUT2D eigenvalue weighted by Gasteiger charge is 2.22. The van der Waals surface area contributed by atoms with Gasteiger partial charge < -0.3 is 15.7 Å². The lowest BCUT2D eigenvalue weighted by Crippen LogP contribution is -2.25. The van der Waals surface area contributed by atoms with Crippen LogP contribution in [0.15, 0.2) is 42.5 Å². The molecule has 0 unspecified atom stereocenters. The number of hydrogen-bond acceptors (Lipinski definition) is 5. The number of hydrogen-bond donors (Lipinski definition) is 3. The summed E-state index contributed by atoms with van der Waals surface area (Å²) in [4.78, 5) is 22.3. The summed E-state index contributed by atoms with van der Waals surface area (Å²) in [6, 6.07) is 8.79. The molecule has 0 aliphatic heterocycles. The van der Waals surface area contributed by atoms with E-state index in [4.69, 9.17) is 0 Å². The average Bonchev–Trinajstić information content (AvgIpc) is 2.61. The van der Waals surface area contributed by atoms with E-state index in [0.29, 0.717) is 5.56 Å². The van der Waals surface area contributed by atoms with Gasteiger partial charge in [-0.15, -0.1) is 0 Å². The van der Waals surface area contributed by atoms with Gasteiger partial charge in [0, 0.05) is 18.7 Å². The van der Waals surface area contributed by atoms with E-state index in [1.165, 1.54) is 43.4 Å². The molecule has 0 spiro atoms. The second-order valence-electron chi connectivity index (χ2n) is 5.50. The van der Waals surface area contributed by atoms with E-state index in [2.05, 4.69) is 10.6 Å². The number of nitrogens with zero attached hydrogens (tertiary/aromatic N) is 1. The highest BCUT2D eigenvalue weighted by molar-refractivity contribution is 5.95. The highest BCUT2D eigenvalue weighted by atomic mass is 19.1. The van der Waals surface area contributed by atoms with Crippen molar-refractivity contribution in [2.24, 2.45) is 0 Å². The van der Waals surface area contributed by atoms with Crippen molar-refractivity contribution in [3.63, 3.8) is 0 Å². The first-order chi connectivity index (χ1) is 11.8. The highest BCUT2D eigenvalue weighted by Crippen LogP contribution is 2.28.